The minimum atomic E-state index is -0.764. The Bertz CT molecular complexity index is 1160. The smallest absolute Gasteiger partial charge is 0.330 e. The Morgan fingerprint density at radius 3 is 2.70 bits per heavy atom. The summed E-state index contributed by atoms with van der Waals surface area (Å²) in [5.74, 6) is -0.593. The number of likely N-dealkylation sites (tertiary alicyclic amines) is 1. The third kappa shape index (κ3) is 3.41. The molecule has 1 aliphatic heterocycles. The molecule has 3 aromatic rings. The maximum Gasteiger partial charge on any atom is 0.330 e. The summed E-state index contributed by atoms with van der Waals surface area (Å²) in [4.78, 5) is 49.1. The third-order valence-corrected chi connectivity index (χ3v) is 6.28. The first-order valence-electron chi connectivity index (χ1n) is 10.0. The molecule has 3 aromatic heterocycles. The van der Waals surface area contributed by atoms with E-state index in [2.05, 4.69) is 9.97 Å². The molecule has 9 nitrogen and oxygen atoms in total. The minimum absolute atomic E-state index is 0.0509. The number of imidazole rings is 1. The topological polar surface area (TPSA) is 116 Å². The number of aryl methyl sites for hydroxylation is 1. The predicted octanol–water partition coefficient (Wildman–Crippen LogP) is 1.84. The number of nitrogens with two attached hydrogens (primary N) is 1. The van der Waals surface area contributed by atoms with Crippen molar-refractivity contribution in [1.82, 2.24) is 24.0 Å². The summed E-state index contributed by atoms with van der Waals surface area (Å²) in [6.07, 6.45) is 2.98. The Morgan fingerprint density at radius 2 is 2.07 bits per heavy atom. The average Bonchev–Trinajstić information content (AvgIpc) is 3.35. The van der Waals surface area contributed by atoms with E-state index in [-0.39, 0.29) is 29.7 Å². The zero-order chi connectivity index (χ0) is 21.4. The molecule has 10 heteroatoms. The maximum atomic E-state index is 13.1. The monoisotopic (exact) mass is 428 g/mol. The van der Waals surface area contributed by atoms with Crippen LogP contribution in [-0.2, 0) is 17.9 Å². The van der Waals surface area contributed by atoms with E-state index in [4.69, 9.17) is 5.73 Å². The van der Waals surface area contributed by atoms with Crippen molar-refractivity contribution in [1.29, 1.82) is 0 Å². The molecular formula is C20H24N6O3S. The van der Waals surface area contributed by atoms with Gasteiger partial charge in [0.05, 0.1) is 0 Å². The molecule has 0 saturated carbocycles. The first-order valence-corrected chi connectivity index (χ1v) is 11.0. The standard InChI is InChI=1S/C20H24N6O3S/c1-3-24-19-16(15(17(21)28)22-18(23-19)13-7-9-30-11-13)26(20(24)29)10-14(27)25-8-5-4-6-12(25)2/h7,9,11-12H,3-6,8,10H2,1-2H3,(H2,21,28)/t12-/m1/s1. The molecule has 158 valence electrons. The van der Waals surface area contributed by atoms with E-state index in [9.17, 15) is 14.4 Å². The van der Waals surface area contributed by atoms with Gasteiger partial charge in [-0.2, -0.15) is 11.3 Å². The second kappa shape index (κ2) is 8.02. The van der Waals surface area contributed by atoms with Crippen LogP contribution >= 0.6 is 11.3 Å². The molecule has 4 heterocycles. The number of nitrogens with zero attached hydrogens (tertiary/aromatic N) is 5. The van der Waals surface area contributed by atoms with Crippen LogP contribution in [0.2, 0.25) is 0 Å². The van der Waals surface area contributed by atoms with E-state index >= 15 is 0 Å². The van der Waals surface area contributed by atoms with Crippen LogP contribution in [0.5, 0.6) is 0 Å². The van der Waals surface area contributed by atoms with Gasteiger partial charge < -0.3 is 10.6 Å². The highest BCUT2D eigenvalue weighted by Gasteiger charge is 2.28. The summed E-state index contributed by atoms with van der Waals surface area (Å²) in [6, 6.07) is 1.96. The molecule has 2 N–H and O–H groups in total. The SMILES string of the molecule is CCn1c(=O)n(CC(=O)N2CCCC[C@H]2C)c2c(C(N)=O)nc(-c3ccsc3)nc21. The summed E-state index contributed by atoms with van der Waals surface area (Å²) in [7, 11) is 0. The van der Waals surface area contributed by atoms with Crippen LogP contribution in [0.25, 0.3) is 22.6 Å². The number of piperidine rings is 1. The fourth-order valence-electron chi connectivity index (χ4n) is 4.03. The number of fused-ring (bicyclic) bond motifs is 1. The molecule has 1 saturated heterocycles. The molecule has 0 spiro atoms. The minimum Gasteiger partial charge on any atom is -0.364 e. The van der Waals surface area contributed by atoms with Crippen molar-refractivity contribution in [3.63, 3.8) is 0 Å². The van der Waals surface area contributed by atoms with Crippen molar-refractivity contribution >= 4 is 34.3 Å². The number of thiophene rings is 1. The lowest BCUT2D eigenvalue weighted by Gasteiger charge is -2.33. The highest BCUT2D eigenvalue weighted by Crippen LogP contribution is 2.24. The molecule has 0 radical (unpaired) electrons. The lowest BCUT2D eigenvalue weighted by atomic mass is 10.0. The van der Waals surface area contributed by atoms with Gasteiger partial charge in [-0.1, -0.05) is 0 Å². The fraction of sp³-hybridized carbons (Fsp3) is 0.450. The molecule has 0 aliphatic carbocycles. The second-order valence-corrected chi connectivity index (χ2v) is 8.27. The van der Waals surface area contributed by atoms with Gasteiger partial charge in [-0.3, -0.25) is 18.7 Å². The van der Waals surface area contributed by atoms with Crippen molar-refractivity contribution in [3.05, 3.63) is 33.0 Å². The van der Waals surface area contributed by atoms with E-state index in [1.54, 1.807) is 4.90 Å². The number of amides is 2. The summed E-state index contributed by atoms with van der Waals surface area (Å²) in [6.45, 7) is 4.67. The molecule has 4 rings (SSSR count). The Balaban J connectivity index is 1.87. The first-order chi connectivity index (χ1) is 14.4. The molecule has 0 unspecified atom stereocenters. The van der Waals surface area contributed by atoms with Gasteiger partial charge in [0.25, 0.3) is 5.91 Å². The lowest BCUT2D eigenvalue weighted by Crippen LogP contribution is -2.44. The zero-order valence-corrected chi connectivity index (χ0v) is 17.8. The van der Waals surface area contributed by atoms with Crippen LogP contribution < -0.4 is 11.4 Å². The molecule has 30 heavy (non-hydrogen) atoms. The molecule has 0 aromatic carbocycles. The molecule has 1 aliphatic rings. The molecule has 1 atom stereocenters. The van der Waals surface area contributed by atoms with Gasteiger partial charge in [0.1, 0.15) is 12.1 Å². The van der Waals surface area contributed by atoms with Crippen molar-refractivity contribution in [2.24, 2.45) is 5.73 Å². The summed E-state index contributed by atoms with van der Waals surface area (Å²) in [5.41, 5.74) is 6.44. The predicted molar refractivity (Wildman–Crippen MR) is 114 cm³/mol. The number of hydrogen-bond acceptors (Lipinski definition) is 6. The van der Waals surface area contributed by atoms with Gasteiger partial charge in [0, 0.05) is 30.1 Å². The number of primary amides is 1. The first kappa shape index (κ1) is 20.3. The van der Waals surface area contributed by atoms with Crippen molar-refractivity contribution in [2.75, 3.05) is 6.54 Å². The van der Waals surface area contributed by atoms with Crippen molar-refractivity contribution in [3.8, 4) is 11.4 Å². The Kier molecular flexibility index (Phi) is 5.42. The van der Waals surface area contributed by atoms with Gasteiger partial charge in [0.2, 0.25) is 5.91 Å². The average molecular weight is 429 g/mol. The highest BCUT2D eigenvalue weighted by atomic mass is 32.1. The number of carbonyl (C=O) groups is 2. The maximum absolute atomic E-state index is 13.1. The molecular weight excluding hydrogens is 404 g/mol. The van der Waals surface area contributed by atoms with E-state index in [1.807, 2.05) is 30.7 Å². The number of hydrogen-bond donors (Lipinski definition) is 1. The van der Waals surface area contributed by atoms with Gasteiger partial charge in [-0.25, -0.2) is 14.8 Å². The Hall–Kier alpha value is -3.01. The van der Waals surface area contributed by atoms with E-state index in [0.717, 1.165) is 24.8 Å². The third-order valence-electron chi connectivity index (χ3n) is 5.60. The normalized spacial score (nSPS) is 16.9. The fourth-order valence-corrected chi connectivity index (χ4v) is 4.67. The van der Waals surface area contributed by atoms with E-state index in [1.165, 1.54) is 20.5 Å². The van der Waals surface area contributed by atoms with Crippen LogP contribution in [0.3, 0.4) is 0 Å². The van der Waals surface area contributed by atoms with Crippen LogP contribution in [0.15, 0.2) is 21.6 Å². The van der Waals surface area contributed by atoms with Gasteiger partial charge >= 0.3 is 5.69 Å². The van der Waals surface area contributed by atoms with Crippen LogP contribution in [-0.4, -0.2) is 48.4 Å². The zero-order valence-electron chi connectivity index (χ0n) is 17.0. The van der Waals surface area contributed by atoms with E-state index < -0.39 is 11.6 Å². The van der Waals surface area contributed by atoms with Crippen molar-refractivity contribution in [2.45, 2.75) is 52.2 Å². The van der Waals surface area contributed by atoms with Gasteiger partial charge in [-0.15, -0.1) is 0 Å². The molecule has 2 amide bonds. The number of carbonyl (C=O) groups excluding carboxylic acids is 2. The largest absolute Gasteiger partial charge is 0.364 e. The van der Waals surface area contributed by atoms with Crippen LogP contribution in [0, 0.1) is 0 Å². The Labute approximate surface area is 177 Å². The Morgan fingerprint density at radius 1 is 1.27 bits per heavy atom. The number of aromatic nitrogens is 4. The summed E-state index contributed by atoms with van der Waals surface area (Å²) in [5, 5.41) is 3.74. The van der Waals surface area contributed by atoms with Crippen molar-refractivity contribution < 1.29 is 9.59 Å². The lowest BCUT2D eigenvalue weighted by molar-refractivity contribution is -0.135. The summed E-state index contributed by atoms with van der Waals surface area (Å²) >= 11 is 1.48. The van der Waals surface area contributed by atoms with Gasteiger partial charge in [0.15, 0.2) is 17.2 Å². The second-order valence-electron chi connectivity index (χ2n) is 7.49. The quantitative estimate of drug-likeness (QED) is 0.666. The highest BCUT2D eigenvalue weighted by molar-refractivity contribution is 7.08. The van der Waals surface area contributed by atoms with Crippen LogP contribution in [0.1, 0.15) is 43.6 Å². The van der Waals surface area contributed by atoms with E-state index in [0.29, 0.717) is 24.6 Å². The van der Waals surface area contributed by atoms with Crippen LogP contribution in [0.4, 0.5) is 0 Å². The number of rotatable bonds is 5. The molecule has 1 fully saturated rings. The molecule has 0 bridgehead atoms. The van der Waals surface area contributed by atoms with Gasteiger partial charge in [-0.05, 0) is 44.6 Å². The summed E-state index contributed by atoms with van der Waals surface area (Å²) < 4.78 is 2.74.